The van der Waals surface area contributed by atoms with E-state index in [1.165, 1.54) is 32.2 Å². The Hall–Kier alpha value is -6.22. The van der Waals surface area contributed by atoms with Gasteiger partial charge in [0.1, 0.15) is 23.6 Å². The van der Waals surface area contributed by atoms with Gasteiger partial charge in [0, 0.05) is 30.2 Å². The molecule has 5 rings (SSSR count). The number of aliphatic hydroxyl groups excluding tert-OH is 1. The molecule has 5 N–H and O–H groups in total. The Bertz CT molecular complexity index is 2070. The first kappa shape index (κ1) is 41.0. The highest BCUT2D eigenvalue weighted by molar-refractivity contribution is 6.00. The monoisotopic (exact) mass is 768 g/mol. The number of pyridine rings is 1. The third kappa shape index (κ3) is 10.1. The maximum atomic E-state index is 13.9. The van der Waals surface area contributed by atoms with Gasteiger partial charge in [-0.3, -0.25) is 29.0 Å². The minimum Gasteiger partial charge on any atom is -0.496 e. The normalized spacial score (nSPS) is 18.4. The van der Waals surface area contributed by atoms with Crippen LogP contribution in [-0.2, 0) is 20.9 Å². The molecule has 0 unspecified atom stereocenters. The molecule has 3 atom stereocenters. The van der Waals surface area contributed by atoms with Crippen molar-refractivity contribution in [1.82, 2.24) is 31.2 Å². The van der Waals surface area contributed by atoms with Crippen molar-refractivity contribution >= 4 is 40.4 Å². The van der Waals surface area contributed by atoms with E-state index in [1.54, 1.807) is 56.3 Å². The van der Waals surface area contributed by atoms with Crippen LogP contribution in [0.2, 0.25) is 0 Å². The van der Waals surface area contributed by atoms with Crippen molar-refractivity contribution in [2.45, 2.75) is 58.3 Å². The molecular formula is C41H48N6O9. The predicted molar refractivity (Wildman–Crippen MR) is 208 cm³/mol. The van der Waals surface area contributed by atoms with Crippen molar-refractivity contribution in [2.75, 3.05) is 33.9 Å². The molecule has 1 aromatic heterocycles. The largest absolute Gasteiger partial charge is 0.496 e. The third-order valence-corrected chi connectivity index (χ3v) is 9.32. The van der Waals surface area contributed by atoms with Crippen molar-refractivity contribution in [2.24, 2.45) is 5.92 Å². The Morgan fingerprint density at radius 2 is 1.62 bits per heavy atom. The van der Waals surface area contributed by atoms with Crippen molar-refractivity contribution in [1.29, 1.82) is 0 Å². The molecule has 3 aromatic carbocycles. The van der Waals surface area contributed by atoms with Crippen LogP contribution in [0, 0.1) is 5.92 Å². The van der Waals surface area contributed by atoms with E-state index in [0.717, 1.165) is 5.39 Å². The van der Waals surface area contributed by atoms with E-state index in [-0.39, 0.29) is 36.9 Å². The zero-order valence-corrected chi connectivity index (χ0v) is 32.1. The molecule has 1 aliphatic heterocycles. The summed E-state index contributed by atoms with van der Waals surface area (Å²) in [5.41, 5.74) is 1.73. The van der Waals surface area contributed by atoms with E-state index in [4.69, 9.17) is 14.2 Å². The van der Waals surface area contributed by atoms with Gasteiger partial charge in [-0.15, -0.1) is 0 Å². The van der Waals surface area contributed by atoms with Gasteiger partial charge in [-0.1, -0.05) is 38.1 Å². The molecule has 0 fully saturated rings. The third-order valence-electron chi connectivity index (χ3n) is 9.32. The number of aliphatic hydroxyl groups is 1. The minimum absolute atomic E-state index is 0.0765. The lowest BCUT2D eigenvalue weighted by molar-refractivity contribution is -0.135. The van der Waals surface area contributed by atoms with Gasteiger partial charge < -0.3 is 45.5 Å². The van der Waals surface area contributed by atoms with Gasteiger partial charge in [0.2, 0.25) is 17.7 Å². The second-order valence-electron chi connectivity index (χ2n) is 13.7. The summed E-state index contributed by atoms with van der Waals surface area (Å²) < 4.78 is 17.4. The van der Waals surface area contributed by atoms with Crippen molar-refractivity contribution < 1.29 is 43.3 Å². The Kier molecular flexibility index (Phi) is 13.8. The maximum Gasteiger partial charge on any atom is 0.255 e. The van der Waals surface area contributed by atoms with Crippen LogP contribution in [-0.4, -0.2) is 96.6 Å². The number of fused-ring (bicyclic) bond motifs is 4. The highest BCUT2D eigenvalue weighted by Crippen LogP contribution is 2.37. The van der Waals surface area contributed by atoms with E-state index in [1.807, 2.05) is 24.3 Å². The number of benzene rings is 3. The molecule has 296 valence electrons. The Balaban J connectivity index is 1.46. The molecule has 2 heterocycles. The second kappa shape index (κ2) is 18.9. The number of rotatable bonds is 5. The molecule has 15 heteroatoms. The lowest BCUT2D eigenvalue weighted by Gasteiger charge is -2.28. The SMILES string of the molecule is COc1ccc2cc1Oc1cccc(OC)c1CNC(=O)[C@@H](C(C)C)NC(=O)[C@H]([C@@H](C)O)NC(=O)CN(C(=O)c1cnc3ccccc3c1)CCCCNC2=O. The van der Waals surface area contributed by atoms with E-state index < -0.39 is 54.3 Å². The lowest BCUT2D eigenvalue weighted by atomic mass is 10.0. The number of hydrogen-bond donors (Lipinski definition) is 5. The van der Waals surface area contributed by atoms with Crippen LogP contribution in [0.25, 0.3) is 10.9 Å². The fourth-order valence-electron chi connectivity index (χ4n) is 6.24. The molecule has 0 spiro atoms. The Labute approximate surface area is 325 Å². The van der Waals surface area contributed by atoms with Crippen LogP contribution in [0.1, 0.15) is 59.9 Å². The molecule has 0 saturated carbocycles. The summed E-state index contributed by atoms with van der Waals surface area (Å²) in [6, 6.07) is 16.3. The van der Waals surface area contributed by atoms with E-state index >= 15 is 0 Å². The van der Waals surface area contributed by atoms with Gasteiger partial charge in [-0.05, 0) is 68.1 Å². The average Bonchev–Trinajstić information content (AvgIpc) is 3.19. The maximum absolute atomic E-state index is 13.9. The number of para-hydroxylation sites is 1. The number of ether oxygens (including phenoxy) is 3. The predicted octanol–water partition coefficient (Wildman–Crippen LogP) is 3.33. The minimum atomic E-state index is -1.45. The summed E-state index contributed by atoms with van der Waals surface area (Å²) in [4.78, 5) is 73.7. The molecule has 0 saturated heterocycles. The zero-order valence-electron chi connectivity index (χ0n) is 32.1. The van der Waals surface area contributed by atoms with Gasteiger partial charge in [-0.2, -0.15) is 0 Å². The molecule has 5 amide bonds. The van der Waals surface area contributed by atoms with Gasteiger partial charge in [0.15, 0.2) is 11.5 Å². The summed E-state index contributed by atoms with van der Waals surface area (Å²) >= 11 is 0. The Morgan fingerprint density at radius 1 is 0.857 bits per heavy atom. The summed E-state index contributed by atoms with van der Waals surface area (Å²) in [6.07, 6.45) is 0.944. The zero-order chi connectivity index (χ0) is 40.4. The van der Waals surface area contributed by atoms with Crippen molar-refractivity contribution in [3.05, 3.63) is 89.6 Å². The fraction of sp³-hybridized carbons (Fsp3) is 0.366. The van der Waals surface area contributed by atoms with Gasteiger partial charge in [0.05, 0.1) is 50.1 Å². The highest BCUT2D eigenvalue weighted by atomic mass is 16.5. The standard InChI is InChI=1S/C41H48N6O9/c1-24(2)36-39(51)44-22-29-31(54-4)13-10-14-32(29)56-34-20-27(15-16-33(34)55-5)38(50)42-17-8-9-18-47(23-35(49)45-37(25(3)48)40(52)46-36)41(53)28-19-26-11-6-7-12-30(26)43-21-28/h6-7,10-16,19-21,24-25,36-37,48H,8-9,17-18,22-23H2,1-5H3,(H,42,50)(H,44,51)(H,45,49)(H,46,52)/t25-,36-,37+/m1/s1. The number of nitrogens with one attached hydrogen (secondary N) is 4. The van der Waals surface area contributed by atoms with Crippen LogP contribution in [0.3, 0.4) is 0 Å². The van der Waals surface area contributed by atoms with Crippen molar-refractivity contribution in [3.63, 3.8) is 0 Å². The number of methoxy groups -OCH3 is 2. The fourth-order valence-corrected chi connectivity index (χ4v) is 6.24. The second-order valence-corrected chi connectivity index (χ2v) is 13.7. The quantitative estimate of drug-likeness (QED) is 0.201. The highest BCUT2D eigenvalue weighted by Gasteiger charge is 2.32. The number of amides is 5. The van der Waals surface area contributed by atoms with Crippen molar-refractivity contribution in [3.8, 4) is 23.0 Å². The molecule has 56 heavy (non-hydrogen) atoms. The van der Waals surface area contributed by atoms with E-state index in [9.17, 15) is 29.1 Å². The lowest BCUT2D eigenvalue weighted by Crippen LogP contribution is -2.59. The molecule has 1 aliphatic rings. The van der Waals surface area contributed by atoms with Crippen LogP contribution < -0.4 is 35.5 Å². The van der Waals surface area contributed by atoms with Crippen LogP contribution in [0.15, 0.2) is 72.9 Å². The average molecular weight is 769 g/mol. The van der Waals surface area contributed by atoms with Crippen LogP contribution in [0.4, 0.5) is 0 Å². The van der Waals surface area contributed by atoms with E-state index in [0.29, 0.717) is 46.7 Å². The Morgan fingerprint density at radius 3 is 2.36 bits per heavy atom. The molecule has 15 nitrogen and oxygen atoms in total. The summed E-state index contributed by atoms with van der Waals surface area (Å²) in [5.74, 6) is -1.96. The van der Waals surface area contributed by atoms with Crippen LogP contribution >= 0.6 is 0 Å². The first-order valence-electron chi connectivity index (χ1n) is 18.4. The number of hydrogen-bond acceptors (Lipinski definition) is 10. The molecule has 0 aliphatic carbocycles. The number of nitrogens with zero attached hydrogens (tertiary/aromatic N) is 2. The summed E-state index contributed by atoms with van der Waals surface area (Å²) in [5, 5.41) is 22.3. The summed E-state index contributed by atoms with van der Waals surface area (Å²) in [6.45, 7) is 4.68. The smallest absolute Gasteiger partial charge is 0.255 e. The molecule has 2 bridgehead atoms. The molecular weight excluding hydrogens is 720 g/mol. The van der Waals surface area contributed by atoms with E-state index in [2.05, 4.69) is 26.3 Å². The molecule has 0 radical (unpaired) electrons. The topological polar surface area (TPSA) is 198 Å². The summed E-state index contributed by atoms with van der Waals surface area (Å²) in [7, 11) is 2.95. The first-order valence-corrected chi connectivity index (χ1v) is 18.4. The molecule has 4 aromatic rings. The van der Waals surface area contributed by atoms with Gasteiger partial charge in [-0.25, -0.2) is 0 Å². The van der Waals surface area contributed by atoms with Crippen LogP contribution in [0.5, 0.6) is 23.0 Å². The number of carbonyl (C=O) groups is 5. The van der Waals surface area contributed by atoms with Gasteiger partial charge >= 0.3 is 0 Å². The number of aromatic nitrogens is 1. The number of carbonyl (C=O) groups excluding carboxylic acids is 5. The van der Waals surface area contributed by atoms with Gasteiger partial charge in [0.25, 0.3) is 11.8 Å². The first-order chi connectivity index (χ1) is 26.9.